The van der Waals surface area contributed by atoms with Gasteiger partial charge < -0.3 is 24.8 Å². The average Bonchev–Trinajstić information content (AvgIpc) is 2.88. The molecule has 0 saturated heterocycles. The van der Waals surface area contributed by atoms with Gasteiger partial charge in [-0.1, -0.05) is 43.7 Å². The maximum Gasteiger partial charge on any atom is 0.262 e. The Morgan fingerprint density at radius 1 is 0.914 bits per heavy atom. The van der Waals surface area contributed by atoms with Gasteiger partial charge in [0.05, 0.1) is 25.0 Å². The zero-order valence-corrected chi connectivity index (χ0v) is 19.8. The number of para-hydroxylation sites is 2. The largest absolute Gasteiger partial charge is 0.493 e. The fourth-order valence-corrected chi connectivity index (χ4v) is 3.22. The van der Waals surface area contributed by atoms with Gasteiger partial charge in [0.2, 0.25) is 0 Å². The molecule has 0 spiro atoms. The van der Waals surface area contributed by atoms with E-state index in [1.54, 1.807) is 37.4 Å². The van der Waals surface area contributed by atoms with Crippen molar-refractivity contribution in [1.29, 1.82) is 0 Å². The van der Waals surface area contributed by atoms with Gasteiger partial charge in [-0.25, -0.2) is 4.39 Å². The lowest BCUT2D eigenvalue weighted by Crippen LogP contribution is -2.25. The Labute approximate surface area is 204 Å². The van der Waals surface area contributed by atoms with Gasteiger partial charge in [-0.05, 0) is 48.4 Å². The number of hydrogen-bond acceptors (Lipinski definition) is 5. The van der Waals surface area contributed by atoms with E-state index in [-0.39, 0.29) is 36.1 Å². The minimum atomic E-state index is -0.544. The first kappa shape index (κ1) is 25.6. The summed E-state index contributed by atoms with van der Waals surface area (Å²) in [6, 6.07) is 17.9. The second-order valence-corrected chi connectivity index (χ2v) is 7.68. The number of methoxy groups -OCH3 is 1. The third kappa shape index (κ3) is 7.46. The number of carbonyl (C=O) groups is 2. The minimum absolute atomic E-state index is 0.0596. The van der Waals surface area contributed by atoms with Crippen LogP contribution in [0.5, 0.6) is 17.2 Å². The lowest BCUT2D eigenvalue weighted by molar-refractivity contribution is -0.118. The van der Waals surface area contributed by atoms with Crippen LogP contribution >= 0.6 is 0 Å². The summed E-state index contributed by atoms with van der Waals surface area (Å²) in [5.74, 6) is 0.0423. The molecular weight excluding hydrogens is 451 g/mol. The predicted molar refractivity (Wildman–Crippen MR) is 132 cm³/mol. The number of halogens is 1. The van der Waals surface area contributed by atoms with Crippen LogP contribution in [0.4, 0.5) is 10.1 Å². The van der Waals surface area contributed by atoms with Crippen molar-refractivity contribution in [2.75, 3.05) is 25.6 Å². The normalized spacial score (nSPS) is 10.4. The van der Waals surface area contributed by atoms with Crippen LogP contribution in [0.3, 0.4) is 0 Å². The van der Waals surface area contributed by atoms with E-state index < -0.39 is 11.7 Å². The van der Waals surface area contributed by atoms with Crippen molar-refractivity contribution in [1.82, 2.24) is 5.32 Å². The highest BCUT2D eigenvalue weighted by Gasteiger charge is 2.15. The quantitative estimate of drug-likeness (QED) is 0.358. The molecule has 3 aromatic rings. The molecule has 0 atom stereocenters. The van der Waals surface area contributed by atoms with Gasteiger partial charge in [-0.3, -0.25) is 9.59 Å². The molecule has 0 aliphatic rings. The zero-order valence-electron chi connectivity index (χ0n) is 19.8. The highest BCUT2D eigenvalue weighted by atomic mass is 19.1. The molecule has 7 nitrogen and oxygen atoms in total. The predicted octanol–water partition coefficient (Wildman–Crippen LogP) is 4.96. The van der Waals surface area contributed by atoms with Crippen molar-refractivity contribution >= 4 is 17.5 Å². The molecule has 2 amide bonds. The van der Waals surface area contributed by atoms with E-state index in [1.807, 2.05) is 18.2 Å². The summed E-state index contributed by atoms with van der Waals surface area (Å²) in [5.41, 5.74) is 1.17. The molecule has 0 unspecified atom stereocenters. The Kier molecular flexibility index (Phi) is 9.48. The summed E-state index contributed by atoms with van der Waals surface area (Å²) in [6.07, 6.45) is 1.99. The molecule has 0 heterocycles. The van der Waals surface area contributed by atoms with Gasteiger partial charge in [-0.2, -0.15) is 0 Å². The van der Waals surface area contributed by atoms with Gasteiger partial charge in [0.25, 0.3) is 11.8 Å². The standard InChI is InChI=1S/C27H29FN2O5/c1-3-4-15-34-24-14-13-19(16-25(24)33-2)17-29-27(32)20-9-5-8-12-23(20)35-18-26(31)30-22-11-7-6-10-21(22)28/h5-14,16H,3-4,15,17-18H2,1-2H3,(H,29,32)(H,30,31). The zero-order chi connectivity index (χ0) is 25.0. The molecule has 3 rings (SSSR count). The van der Waals surface area contributed by atoms with E-state index in [9.17, 15) is 14.0 Å². The third-order valence-electron chi connectivity index (χ3n) is 5.07. The number of carbonyl (C=O) groups excluding carboxylic acids is 2. The van der Waals surface area contributed by atoms with Crippen LogP contribution in [0.25, 0.3) is 0 Å². The first-order valence-electron chi connectivity index (χ1n) is 11.4. The smallest absolute Gasteiger partial charge is 0.262 e. The van der Waals surface area contributed by atoms with Crippen LogP contribution in [-0.4, -0.2) is 32.1 Å². The average molecular weight is 481 g/mol. The Morgan fingerprint density at radius 3 is 2.46 bits per heavy atom. The molecule has 0 aliphatic heterocycles. The molecule has 2 N–H and O–H groups in total. The van der Waals surface area contributed by atoms with Crippen LogP contribution in [-0.2, 0) is 11.3 Å². The van der Waals surface area contributed by atoms with Crippen LogP contribution < -0.4 is 24.8 Å². The highest BCUT2D eigenvalue weighted by molar-refractivity contribution is 5.97. The SMILES string of the molecule is CCCCOc1ccc(CNC(=O)c2ccccc2OCC(=O)Nc2ccccc2F)cc1OC. The van der Waals surface area contributed by atoms with E-state index in [1.165, 1.54) is 18.2 Å². The second kappa shape index (κ2) is 13.0. The number of unbranched alkanes of at least 4 members (excludes halogenated alkanes) is 1. The first-order chi connectivity index (χ1) is 17.0. The lowest BCUT2D eigenvalue weighted by atomic mass is 10.1. The van der Waals surface area contributed by atoms with Crippen LogP contribution in [0, 0.1) is 5.82 Å². The number of benzene rings is 3. The number of hydrogen-bond donors (Lipinski definition) is 2. The maximum atomic E-state index is 13.7. The number of anilines is 1. The topological polar surface area (TPSA) is 85.9 Å². The first-order valence-corrected chi connectivity index (χ1v) is 11.4. The molecule has 0 saturated carbocycles. The van der Waals surface area contributed by atoms with Crippen molar-refractivity contribution in [3.63, 3.8) is 0 Å². The molecule has 184 valence electrons. The Morgan fingerprint density at radius 2 is 1.69 bits per heavy atom. The van der Waals surface area contributed by atoms with Crippen LogP contribution in [0.15, 0.2) is 66.7 Å². The molecule has 35 heavy (non-hydrogen) atoms. The Balaban J connectivity index is 1.58. The molecule has 0 fully saturated rings. The summed E-state index contributed by atoms with van der Waals surface area (Å²) in [7, 11) is 1.57. The van der Waals surface area contributed by atoms with Gasteiger partial charge in [-0.15, -0.1) is 0 Å². The van der Waals surface area contributed by atoms with Crippen LogP contribution in [0.1, 0.15) is 35.7 Å². The number of rotatable bonds is 12. The summed E-state index contributed by atoms with van der Waals surface area (Å²) >= 11 is 0. The molecular formula is C27H29FN2O5. The fraction of sp³-hybridized carbons (Fsp3) is 0.259. The number of ether oxygens (including phenoxy) is 3. The molecule has 0 radical (unpaired) electrons. The van der Waals surface area contributed by atoms with E-state index in [4.69, 9.17) is 14.2 Å². The summed E-state index contributed by atoms with van der Waals surface area (Å²) in [5, 5.41) is 5.29. The summed E-state index contributed by atoms with van der Waals surface area (Å²) < 4.78 is 30.4. The van der Waals surface area contributed by atoms with Crippen molar-refractivity contribution in [3.8, 4) is 17.2 Å². The minimum Gasteiger partial charge on any atom is -0.493 e. The Hall–Kier alpha value is -4.07. The van der Waals surface area contributed by atoms with E-state index in [0.717, 1.165) is 18.4 Å². The monoisotopic (exact) mass is 480 g/mol. The summed E-state index contributed by atoms with van der Waals surface area (Å²) in [4.78, 5) is 25.0. The molecule has 3 aromatic carbocycles. The third-order valence-corrected chi connectivity index (χ3v) is 5.07. The highest BCUT2D eigenvalue weighted by Crippen LogP contribution is 2.28. The van der Waals surface area contributed by atoms with E-state index in [0.29, 0.717) is 18.1 Å². The van der Waals surface area contributed by atoms with E-state index in [2.05, 4.69) is 17.6 Å². The molecule has 0 bridgehead atoms. The van der Waals surface area contributed by atoms with Crippen LogP contribution in [0.2, 0.25) is 0 Å². The lowest BCUT2D eigenvalue weighted by Gasteiger charge is -2.14. The second-order valence-electron chi connectivity index (χ2n) is 7.68. The van der Waals surface area contributed by atoms with E-state index >= 15 is 0 Å². The molecule has 8 heteroatoms. The maximum absolute atomic E-state index is 13.7. The van der Waals surface area contributed by atoms with Crippen molar-refractivity contribution in [3.05, 3.63) is 83.7 Å². The van der Waals surface area contributed by atoms with Gasteiger partial charge in [0.1, 0.15) is 11.6 Å². The molecule has 0 aliphatic carbocycles. The van der Waals surface area contributed by atoms with Gasteiger partial charge >= 0.3 is 0 Å². The number of nitrogens with one attached hydrogen (secondary N) is 2. The van der Waals surface area contributed by atoms with Crippen molar-refractivity contribution in [2.24, 2.45) is 0 Å². The van der Waals surface area contributed by atoms with Gasteiger partial charge in [0.15, 0.2) is 18.1 Å². The molecule has 0 aromatic heterocycles. The summed E-state index contributed by atoms with van der Waals surface area (Å²) in [6.45, 7) is 2.58. The van der Waals surface area contributed by atoms with Crippen molar-refractivity contribution < 1.29 is 28.2 Å². The van der Waals surface area contributed by atoms with Crippen molar-refractivity contribution in [2.45, 2.75) is 26.3 Å². The number of amides is 2. The Bertz CT molecular complexity index is 1150. The van der Waals surface area contributed by atoms with Gasteiger partial charge in [0, 0.05) is 6.54 Å². The fourth-order valence-electron chi connectivity index (χ4n) is 3.22.